The molecule has 0 amide bonds. The maximum atomic E-state index is 11.3. The van der Waals surface area contributed by atoms with Crippen LogP contribution in [0.5, 0.6) is 5.75 Å². The third-order valence-electron chi connectivity index (χ3n) is 5.04. The van der Waals surface area contributed by atoms with Crippen LogP contribution in [0.3, 0.4) is 0 Å². The van der Waals surface area contributed by atoms with E-state index >= 15 is 0 Å². The van der Waals surface area contributed by atoms with E-state index in [9.17, 15) is 5.11 Å². The molecular formula is C22H25N3O2. The van der Waals surface area contributed by atoms with E-state index < -0.39 is 11.0 Å². The highest BCUT2D eigenvalue weighted by atomic mass is 16.5. The number of ether oxygens (including phenoxy) is 1. The van der Waals surface area contributed by atoms with E-state index in [1.54, 1.807) is 17.1 Å². The molecule has 0 aliphatic carbocycles. The summed E-state index contributed by atoms with van der Waals surface area (Å²) in [6.07, 6.45) is 4.77. The minimum atomic E-state index is -1.19. The van der Waals surface area contributed by atoms with Gasteiger partial charge in [-0.25, -0.2) is 9.67 Å². The molecule has 3 rings (SSSR count). The molecule has 0 fully saturated rings. The molecule has 1 atom stereocenters. The summed E-state index contributed by atoms with van der Waals surface area (Å²) in [5.74, 6) is 0.701. The van der Waals surface area contributed by atoms with E-state index in [1.807, 2.05) is 56.3 Å². The second-order valence-corrected chi connectivity index (χ2v) is 7.23. The summed E-state index contributed by atoms with van der Waals surface area (Å²) >= 11 is 0. The Hall–Kier alpha value is -2.92. The molecule has 2 aromatic carbocycles. The fourth-order valence-electron chi connectivity index (χ4n) is 2.78. The molecular weight excluding hydrogens is 338 g/mol. The normalized spacial score (nSPS) is 13.7. The molecule has 3 aromatic rings. The number of aromatic nitrogens is 3. The molecule has 27 heavy (non-hydrogen) atoms. The first-order valence-electron chi connectivity index (χ1n) is 8.90. The van der Waals surface area contributed by atoms with Crippen LogP contribution in [0.2, 0.25) is 0 Å². The molecule has 5 heteroatoms. The molecule has 140 valence electrons. The highest BCUT2D eigenvalue weighted by molar-refractivity contribution is 5.63. The third-order valence-corrected chi connectivity index (χ3v) is 5.04. The van der Waals surface area contributed by atoms with Crippen molar-refractivity contribution in [2.75, 3.05) is 6.61 Å². The molecule has 0 spiro atoms. The fourth-order valence-corrected chi connectivity index (χ4v) is 2.78. The number of nitrogens with zero attached hydrogens (tertiary/aromatic N) is 3. The highest BCUT2D eigenvalue weighted by Crippen LogP contribution is 2.34. The van der Waals surface area contributed by atoms with Crippen LogP contribution in [-0.2, 0) is 6.54 Å². The molecule has 0 saturated carbocycles. The summed E-state index contributed by atoms with van der Waals surface area (Å²) < 4.78 is 7.54. The van der Waals surface area contributed by atoms with Gasteiger partial charge in [0.25, 0.3) is 0 Å². The van der Waals surface area contributed by atoms with E-state index in [1.165, 1.54) is 6.33 Å². The lowest BCUT2D eigenvalue weighted by atomic mass is 9.75. The first kappa shape index (κ1) is 18.9. The highest BCUT2D eigenvalue weighted by Gasteiger charge is 2.43. The average molecular weight is 363 g/mol. The van der Waals surface area contributed by atoms with Gasteiger partial charge in [-0.15, -0.1) is 6.58 Å². The van der Waals surface area contributed by atoms with Crippen LogP contribution < -0.4 is 4.74 Å². The zero-order valence-electron chi connectivity index (χ0n) is 15.7. The quantitative estimate of drug-likeness (QED) is 0.615. The summed E-state index contributed by atoms with van der Waals surface area (Å²) in [7, 11) is 0. The van der Waals surface area contributed by atoms with Crippen molar-refractivity contribution in [2.45, 2.75) is 26.0 Å². The van der Waals surface area contributed by atoms with Crippen LogP contribution in [0.25, 0.3) is 11.1 Å². The summed E-state index contributed by atoms with van der Waals surface area (Å²) in [5, 5.41) is 15.4. The Morgan fingerprint density at radius 3 is 2.33 bits per heavy atom. The van der Waals surface area contributed by atoms with Crippen molar-refractivity contribution in [1.82, 2.24) is 14.8 Å². The molecule has 5 nitrogen and oxygen atoms in total. The molecule has 0 saturated heterocycles. The van der Waals surface area contributed by atoms with E-state index in [-0.39, 0.29) is 13.2 Å². The predicted octanol–water partition coefficient (Wildman–Crippen LogP) is 3.97. The van der Waals surface area contributed by atoms with Crippen molar-refractivity contribution >= 4 is 0 Å². The van der Waals surface area contributed by atoms with Crippen LogP contribution in [0.4, 0.5) is 0 Å². The lowest BCUT2D eigenvalue weighted by Crippen LogP contribution is -2.51. The number of hydrogen-bond donors (Lipinski definition) is 1. The lowest BCUT2D eigenvalue weighted by Gasteiger charge is -2.40. The molecule has 0 aliphatic heterocycles. The van der Waals surface area contributed by atoms with Gasteiger partial charge in [-0.1, -0.05) is 62.4 Å². The summed E-state index contributed by atoms with van der Waals surface area (Å²) in [6.45, 7) is 8.09. The molecule has 0 bridgehead atoms. The number of aliphatic hydroxyl groups is 1. The first-order chi connectivity index (χ1) is 12.9. The Morgan fingerprint density at radius 1 is 1.07 bits per heavy atom. The number of rotatable bonds is 8. The van der Waals surface area contributed by atoms with Crippen molar-refractivity contribution < 1.29 is 9.84 Å². The smallest absolute Gasteiger partial charge is 0.137 e. The fraction of sp³-hybridized carbons (Fsp3) is 0.273. The Morgan fingerprint density at radius 2 is 1.74 bits per heavy atom. The minimum Gasteiger partial charge on any atom is -0.490 e. The van der Waals surface area contributed by atoms with Crippen molar-refractivity contribution in [3.63, 3.8) is 0 Å². The van der Waals surface area contributed by atoms with Crippen LogP contribution in [0, 0.1) is 5.41 Å². The molecule has 1 N–H and O–H groups in total. The zero-order valence-corrected chi connectivity index (χ0v) is 15.7. The maximum Gasteiger partial charge on any atom is 0.137 e. The van der Waals surface area contributed by atoms with Crippen LogP contribution in [-0.4, -0.2) is 32.1 Å². The lowest BCUT2D eigenvalue weighted by molar-refractivity contribution is -0.0887. The number of benzene rings is 2. The average Bonchev–Trinajstić information content (AvgIpc) is 3.20. The molecule has 1 unspecified atom stereocenters. The summed E-state index contributed by atoms with van der Waals surface area (Å²) in [5.41, 5.74) is 0.496. The summed E-state index contributed by atoms with van der Waals surface area (Å²) in [6, 6.07) is 18.0. The largest absolute Gasteiger partial charge is 0.490 e. The maximum absolute atomic E-state index is 11.3. The van der Waals surface area contributed by atoms with Crippen LogP contribution in [0.15, 0.2) is 79.9 Å². The van der Waals surface area contributed by atoms with Gasteiger partial charge in [-0.2, -0.15) is 5.10 Å². The van der Waals surface area contributed by atoms with E-state index in [0.717, 1.165) is 11.1 Å². The van der Waals surface area contributed by atoms with Gasteiger partial charge >= 0.3 is 0 Å². The van der Waals surface area contributed by atoms with Crippen molar-refractivity contribution in [2.24, 2.45) is 5.41 Å². The predicted molar refractivity (Wildman–Crippen MR) is 106 cm³/mol. The Kier molecular flexibility index (Phi) is 5.42. The van der Waals surface area contributed by atoms with Crippen molar-refractivity contribution in [3.8, 4) is 16.9 Å². The van der Waals surface area contributed by atoms with E-state index in [0.29, 0.717) is 5.75 Å². The van der Waals surface area contributed by atoms with E-state index in [2.05, 4.69) is 28.8 Å². The van der Waals surface area contributed by atoms with Gasteiger partial charge in [0.05, 0.1) is 6.54 Å². The van der Waals surface area contributed by atoms with Gasteiger partial charge in [0, 0.05) is 5.41 Å². The second-order valence-electron chi connectivity index (χ2n) is 7.23. The minimum absolute atomic E-state index is 0.108. The van der Waals surface area contributed by atoms with Gasteiger partial charge in [-0.3, -0.25) is 0 Å². The van der Waals surface area contributed by atoms with Crippen LogP contribution in [0.1, 0.15) is 13.8 Å². The molecule has 1 aromatic heterocycles. The van der Waals surface area contributed by atoms with Gasteiger partial charge < -0.3 is 9.84 Å². The number of hydrogen-bond acceptors (Lipinski definition) is 4. The monoisotopic (exact) mass is 363 g/mol. The topological polar surface area (TPSA) is 60.2 Å². The Labute approximate surface area is 160 Å². The van der Waals surface area contributed by atoms with Gasteiger partial charge in [0.15, 0.2) is 0 Å². The SMILES string of the molecule is C=CC(C)(C)C(O)(COc1ccc(-c2ccccc2)cc1)Cn1cncn1. The zero-order chi connectivity index (χ0) is 19.3. The molecule has 1 heterocycles. The molecule has 0 aliphatic rings. The van der Waals surface area contributed by atoms with Crippen molar-refractivity contribution in [3.05, 3.63) is 79.9 Å². The Bertz CT molecular complexity index is 858. The van der Waals surface area contributed by atoms with Gasteiger partial charge in [0.2, 0.25) is 0 Å². The van der Waals surface area contributed by atoms with Crippen LogP contribution >= 0.6 is 0 Å². The van der Waals surface area contributed by atoms with Crippen molar-refractivity contribution in [1.29, 1.82) is 0 Å². The first-order valence-corrected chi connectivity index (χ1v) is 8.90. The Balaban J connectivity index is 1.74. The standard InChI is InChI=1S/C22H25N3O2/c1-4-21(2,3)22(26,14-25-17-23-16-24-25)15-27-20-12-10-19(11-13-20)18-8-6-5-7-9-18/h4-13,16-17,26H,1,14-15H2,2-3H3. The van der Waals surface area contributed by atoms with Gasteiger partial charge in [-0.05, 0) is 23.3 Å². The van der Waals surface area contributed by atoms with E-state index in [4.69, 9.17) is 4.74 Å². The second kappa shape index (κ2) is 7.76. The third kappa shape index (κ3) is 4.26. The molecule has 0 radical (unpaired) electrons. The summed E-state index contributed by atoms with van der Waals surface area (Å²) in [4.78, 5) is 3.95. The van der Waals surface area contributed by atoms with Gasteiger partial charge in [0.1, 0.15) is 30.6 Å².